The van der Waals surface area contributed by atoms with Gasteiger partial charge in [-0.3, -0.25) is 10.5 Å². The minimum atomic E-state index is 0.449. The van der Waals surface area contributed by atoms with Crippen LogP contribution in [0.2, 0.25) is 0 Å². The third kappa shape index (κ3) is 3.98. The summed E-state index contributed by atoms with van der Waals surface area (Å²) in [5.41, 5.74) is 0. The van der Waals surface area contributed by atoms with Gasteiger partial charge in [0.05, 0.1) is 5.04 Å². The molecule has 5 heavy (non-hydrogen) atoms. The van der Waals surface area contributed by atoms with E-state index in [1.165, 1.54) is 0 Å². The van der Waals surface area contributed by atoms with Crippen LogP contribution in [0.5, 0.6) is 0 Å². The zero-order valence-corrected chi connectivity index (χ0v) is 3.80. The first-order valence-corrected chi connectivity index (χ1v) is 2.07. The van der Waals surface area contributed by atoms with Crippen molar-refractivity contribution in [1.82, 2.24) is 0 Å². The van der Waals surface area contributed by atoms with E-state index < -0.39 is 0 Å². The fourth-order valence-corrected chi connectivity index (χ4v) is 0. The van der Waals surface area contributed by atoms with Gasteiger partial charge in [-0.1, -0.05) is 0 Å². The average molecular weight is 90.2 g/mol. The lowest BCUT2D eigenvalue weighted by molar-refractivity contribution is 1.53. The number of nitrogens with two attached hydrogens (primary N) is 1. The topological polar surface area (TPSA) is 49.9 Å². The maximum absolute atomic E-state index is 6.58. The van der Waals surface area contributed by atoms with Gasteiger partial charge in [0, 0.05) is 0 Å². The maximum atomic E-state index is 6.58. The van der Waals surface area contributed by atoms with E-state index in [1.807, 2.05) is 0 Å². The van der Waals surface area contributed by atoms with E-state index >= 15 is 0 Å². The zero-order chi connectivity index (χ0) is 4.28. The molecule has 3 heteroatoms. The predicted octanol–water partition coefficient (Wildman–Crippen LogP) is 0.590. The van der Waals surface area contributed by atoms with E-state index in [9.17, 15) is 0 Å². The predicted molar refractivity (Wildman–Crippen MR) is 25.2 cm³/mol. The van der Waals surface area contributed by atoms with Gasteiger partial charge >= 0.3 is 0 Å². The van der Waals surface area contributed by atoms with Crippen LogP contribution >= 0.6 is 11.9 Å². The largest absolute Gasteiger partial charge is 0.297 e. The summed E-state index contributed by atoms with van der Waals surface area (Å²) in [6.45, 7) is 1.64. The van der Waals surface area contributed by atoms with E-state index in [0.717, 1.165) is 11.9 Å². The second-order valence-electron chi connectivity index (χ2n) is 0.674. The standard InChI is InChI=1S/C2H6N2S/c1-2(3)5-4/h3H,4H2,1H3. The van der Waals surface area contributed by atoms with Crippen LogP contribution in [-0.4, -0.2) is 5.04 Å². The van der Waals surface area contributed by atoms with Crippen molar-refractivity contribution in [2.45, 2.75) is 6.92 Å². The third-order valence-electron chi connectivity index (χ3n) is 0.177. The van der Waals surface area contributed by atoms with Crippen LogP contribution in [0, 0.1) is 5.41 Å². The van der Waals surface area contributed by atoms with Crippen LogP contribution in [0.3, 0.4) is 0 Å². The molecule has 0 aliphatic carbocycles. The molecule has 0 unspecified atom stereocenters. The summed E-state index contributed by atoms with van der Waals surface area (Å²) in [6.07, 6.45) is 0. The Kier molecular flexibility index (Phi) is 2.22. The molecule has 0 fully saturated rings. The zero-order valence-electron chi connectivity index (χ0n) is 2.99. The second-order valence-corrected chi connectivity index (χ2v) is 1.52. The highest BCUT2D eigenvalue weighted by Gasteiger charge is 1.71. The Labute approximate surface area is 35.4 Å². The molecule has 0 aromatic rings. The van der Waals surface area contributed by atoms with Crippen molar-refractivity contribution in [3.8, 4) is 0 Å². The first-order valence-electron chi connectivity index (χ1n) is 1.19. The maximum Gasteiger partial charge on any atom is 0.0759 e. The Morgan fingerprint density at radius 2 is 2.20 bits per heavy atom. The van der Waals surface area contributed by atoms with Crippen molar-refractivity contribution >= 4 is 17.0 Å². The first kappa shape index (κ1) is 4.98. The molecule has 30 valence electrons. The van der Waals surface area contributed by atoms with Crippen LogP contribution in [0.4, 0.5) is 0 Å². The summed E-state index contributed by atoms with van der Waals surface area (Å²) < 4.78 is 0. The highest BCUT2D eigenvalue weighted by atomic mass is 32.2. The molecular weight excluding hydrogens is 84.1 g/mol. The minimum absolute atomic E-state index is 0.449. The van der Waals surface area contributed by atoms with Crippen molar-refractivity contribution in [3.05, 3.63) is 0 Å². The lowest BCUT2D eigenvalue weighted by Crippen LogP contribution is -1.84. The molecule has 0 amide bonds. The third-order valence-corrected chi connectivity index (χ3v) is 0.530. The lowest BCUT2D eigenvalue weighted by Gasteiger charge is -1.77. The van der Waals surface area contributed by atoms with Crippen molar-refractivity contribution in [2.75, 3.05) is 0 Å². The molecule has 0 aromatic heterocycles. The van der Waals surface area contributed by atoms with E-state index in [0.29, 0.717) is 5.04 Å². The highest BCUT2D eigenvalue weighted by molar-refractivity contribution is 8.11. The number of hydrogen-bond acceptors (Lipinski definition) is 3. The molecule has 0 saturated carbocycles. The molecule has 0 bridgehead atoms. The van der Waals surface area contributed by atoms with Crippen LogP contribution in [0.15, 0.2) is 0 Å². The molecule has 0 aliphatic rings. The smallest absolute Gasteiger partial charge is 0.0759 e. The Bertz CT molecular complexity index is 42.9. The van der Waals surface area contributed by atoms with Gasteiger partial charge < -0.3 is 0 Å². The number of nitrogens with one attached hydrogen (secondary N) is 1. The summed E-state index contributed by atoms with van der Waals surface area (Å²) in [6, 6.07) is 0. The van der Waals surface area contributed by atoms with Crippen LogP contribution in [0.25, 0.3) is 0 Å². The van der Waals surface area contributed by atoms with Gasteiger partial charge in [0.2, 0.25) is 0 Å². The second kappa shape index (κ2) is 2.23. The molecule has 0 radical (unpaired) electrons. The summed E-state index contributed by atoms with van der Waals surface area (Å²) in [5, 5.41) is 11.9. The normalized spacial score (nSPS) is 7.60. The van der Waals surface area contributed by atoms with E-state index in [2.05, 4.69) is 0 Å². The molecular formula is C2H6N2S. The lowest BCUT2D eigenvalue weighted by atomic mass is 10.9. The molecule has 2 nitrogen and oxygen atoms in total. The molecule has 0 atom stereocenters. The molecule has 0 saturated heterocycles. The molecule has 0 aromatic carbocycles. The van der Waals surface area contributed by atoms with E-state index in [1.54, 1.807) is 6.92 Å². The summed E-state index contributed by atoms with van der Waals surface area (Å²) >= 11 is 0.963. The average Bonchev–Trinajstić information content (AvgIpc) is 1.38. The van der Waals surface area contributed by atoms with E-state index in [-0.39, 0.29) is 0 Å². The molecule has 3 N–H and O–H groups in total. The molecule has 0 spiro atoms. The van der Waals surface area contributed by atoms with E-state index in [4.69, 9.17) is 10.5 Å². The van der Waals surface area contributed by atoms with Crippen molar-refractivity contribution in [1.29, 1.82) is 5.41 Å². The number of hydrogen-bond donors (Lipinski definition) is 2. The minimum Gasteiger partial charge on any atom is -0.297 e. The first-order chi connectivity index (χ1) is 2.27. The fourth-order valence-electron chi connectivity index (χ4n) is 0. The van der Waals surface area contributed by atoms with Gasteiger partial charge in [-0.2, -0.15) is 0 Å². The van der Waals surface area contributed by atoms with Gasteiger partial charge in [-0.15, -0.1) is 0 Å². The highest BCUT2D eigenvalue weighted by Crippen LogP contribution is 1.82. The quantitative estimate of drug-likeness (QED) is 0.260. The molecule has 0 heterocycles. The van der Waals surface area contributed by atoms with Gasteiger partial charge in [0.15, 0.2) is 0 Å². The fraction of sp³-hybridized carbons (Fsp3) is 0.500. The van der Waals surface area contributed by atoms with Crippen molar-refractivity contribution < 1.29 is 0 Å². The van der Waals surface area contributed by atoms with Gasteiger partial charge in [0.1, 0.15) is 0 Å². The Hall–Kier alpha value is -0.0200. The van der Waals surface area contributed by atoms with Crippen LogP contribution in [-0.2, 0) is 0 Å². The molecule has 0 aliphatic heterocycles. The van der Waals surface area contributed by atoms with Gasteiger partial charge in [-0.05, 0) is 18.9 Å². The number of rotatable bonds is 0. The van der Waals surface area contributed by atoms with Crippen molar-refractivity contribution in [3.63, 3.8) is 0 Å². The van der Waals surface area contributed by atoms with Crippen LogP contribution in [0.1, 0.15) is 6.92 Å². The Balaban J connectivity index is 2.85. The monoisotopic (exact) mass is 90.0 g/mol. The van der Waals surface area contributed by atoms with Crippen molar-refractivity contribution in [2.24, 2.45) is 5.14 Å². The summed E-state index contributed by atoms with van der Waals surface area (Å²) in [4.78, 5) is 0. The van der Waals surface area contributed by atoms with Crippen LogP contribution < -0.4 is 5.14 Å². The Morgan fingerprint density at radius 1 is 2.00 bits per heavy atom. The SMILES string of the molecule is CC(=N)SN. The Morgan fingerprint density at radius 3 is 2.20 bits per heavy atom. The van der Waals surface area contributed by atoms with Gasteiger partial charge in [0.25, 0.3) is 0 Å². The summed E-state index contributed by atoms with van der Waals surface area (Å²) in [7, 11) is 0. The molecule has 0 rings (SSSR count). The summed E-state index contributed by atoms with van der Waals surface area (Å²) in [5.74, 6) is 0. The van der Waals surface area contributed by atoms with Gasteiger partial charge in [-0.25, -0.2) is 0 Å².